The Kier molecular flexibility index (Phi) is 6.49. The van der Waals surface area contributed by atoms with Crippen molar-refractivity contribution < 1.29 is 28.9 Å². The van der Waals surface area contributed by atoms with Gasteiger partial charge in [-0.15, -0.1) is 0 Å². The van der Waals surface area contributed by atoms with Gasteiger partial charge in [-0.1, -0.05) is 35.1 Å². The van der Waals surface area contributed by atoms with Crippen molar-refractivity contribution in [3.8, 4) is 17.2 Å². The molecule has 188 valence electrons. The van der Waals surface area contributed by atoms with Gasteiger partial charge in [-0.3, -0.25) is 14.5 Å². The molecule has 0 saturated carbocycles. The second kappa shape index (κ2) is 9.76. The smallest absolute Gasteiger partial charge is 0.301 e. The number of methoxy groups -OCH3 is 3. The van der Waals surface area contributed by atoms with Crippen molar-refractivity contribution in [2.75, 3.05) is 26.2 Å². The molecular weight excluding hydrogens is 516 g/mol. The molecule has 5 rings (SSSR count). The fourth-order valence-electron chi connectivity index (χ4n) is 4.34. The monoisotopic (exact) mass is 536 g/mol. The van der Waals surface area contributed by atoms with E-state index in [1.807, 2.05) is 6.07 Å². The zero-order chi connectivity index (χ0) is 26.3. The van der Waals surface area contributed by atoms with Crippen molar-refractivity contribution >= 4 is 55.7 Å². The number of fused-ring (bicyclic) bond motifs is 1. The number of hydrogen-bond donors (Lipinski definition) is 1. The van der Waals surface area contributed by atoms with Crippen molar-refractivity contribution in [3.05, 3.63) is 82.4 Å². The number of benzene rings is 3. The summed E-state index contributed by atoms with van der Waals surface area (Å²) in [6, 6.07) is 15.8. The summed E-state index contributed by atoms with van der Waals surface area (Å²) in [7, 11) is 4.53. The zero-order valence-electron chi connectivity index (χ0n) is 20.0. The Morgan fingerprint density at radius 1 is 1.00 bits per heavy atom. The van der Waals surface area contributed by atoms with E-state index in [-0.39, 0.29) is 16.5 Å². The average molecular weight is 537 g/mol. The van der Waals surface area contributed by atoms with Crippen molar-refractivity contribution in [2.24, 2.45) is 0 Å². The molecule has 1 atom stereocenters. The molecule has 0 unspecified atom stereocenters. The first-order valence-electron chi connectivity index (χ1n) is 11.1. The molecule has 10 heteroatoms. The average Bonchev–Trinajstić information content (AvgIpc) is 3.45. The van der Waals surface area contributed by atoms with Gasteiger partial charge in [0, 0.05) is 16.1 Å². The minimum Gasteiger partial charge on any atom is -0.507 e. The number of anilines is 1. The second-order valence-corrected chi connectivity index (χ2v) is 9.53. The van der Waals surface area contributed by atoms with Gasteiger partial charge in [-0.2, -0.15) is 0 Å². The quantitative estimate of drug-likeness (QED) is 0.194. The maximum absolute atomic E-state index is 13.5. The molecule has 1 saturated heterocycles. The second-order valence-electron chi connectivity index (χ2n) is 8.09. The minimum absolute atomic E-state index is 0.101. The maximum Gasteiger partial charge on any atom is 0.301 e. The fraction of sp³-hybridized carbons (Fsp3) is 0.148. The van der Waals surface area contributed by atoms with Gasteiger partial charge in [0.15, 0.2) is 16.6 Å². The number of carbonyl (C=O) groups is 2. The van der Waals surface area contributed by atoms with Gasteiger partial charge in [0.25, 0.3) is 5.78 Å². The highest BCUT2D eigenvalue weighted by molar-refractivity contribution is 7.22. The van der Waals surface area contributed by atoms with E-state index in [0.717, 1.165) is 4.70 Å². The lowest BCUT2D eigenvalue weighted by Crippen LogP contribution is -2.29. The highest BCUT2D eigenvalue weighted by Gasteiger charge is 2.49. The van der Waals surface area contributed by atoms with Crippen LogP contribution < -0.4 is 19.1 Å². The van der Waals surface area contributed by atoms with Gasteiger partial charge in [-0.05, 0) is 48.5 Å². The van der Waals surface area contributed by atoms with Crippen LogP contribution in [0.5, 0.6) is 17.2 Å². The number of Topliss-reactive ketones (excluding diaryl/α,β-unsaturated/α-hetero) is 1. The van der Waals surface area contributed by atoms with Gasteiger partial charge in [-0.25, -0.2) is 4.98 Å². The minimum atomic E-state index is -1.04. The molecule has 0 radical (unpaired) electrons. The van der Waals surface area contributed by atoms with Crippen molar-refractivity contribution in [1.29, 1.82) is 0 Å². The first-order chi connectivity index (χ1) is 17.9. The number of aromatic nitrogens is 1. The van der Waals surface area contributed by atoms with Crippen LogP contribution in [0.1, 0.15) is 17.2 Å². The van der Waals surface area contributed by atoms with Crippen LogP contribution in [0.4, 0.5) is 5.13 Å². The van der Waals surface area contributed by atoms with Crippen LogP contribution in [0.3, 0.4) is 0 Å². The van der Waals surface area contributed by atoms with E-state index < -0.39 is 17.7 Å². The Bertz CT molecular complexity index is 1560. The summed E-state index contributed by atoms with van der Waals surface area (Å²) in [5.74, 6) is -0.637. The van der Waals surface area contributed by atoms with Crippen LogP contribution in [0, 0.1) is 0 Å². The van der Waals surface area contributed by atoms with E-state index in [0.29, 0.717) is 38.9 Å². The third-order valence-electron chi connectivity index (χ3n) is 6.08. The number of aliphatic hydroxyl groups is 1. The number of para-hydroxylation sites is 1. The Morgan fingerprint density at radius 2 is 1.76 bits per heavy atom. The lowest BCUT2D eigenvalue weighted by molar-refractivity contribution is -0.132. The summed E-state index contributed by atoms with van der Waals surface area (Å²) in [4.78, 5) is 32.9. The molecule has 0 aliphatic carbocycles. The molecule has 1 amide bonds. The Labute approximate surface area is 221 Å². The van der Waals surface area contributed by atoms with Crippen molar-refractivity contribution in [1.82, 2.24) is 4.98 Å². The van der Waals surface area contributed by atoms with E-state index in [4.69, 9.17) is 25.8 Å². The number of ether oxygens (including phenoxy) is 3. The van der Waals surface area contributed by atoms with E-state index in [2.05, 4.69) is 4.98 Å². The number of thiazole rings is 1. The normalized spacial score (nSPS) is 16.9. The molecule has 4 aromatic rings. The molecule has 1 aliphatic heterocycles. The Hall–Kier alpha value is -4.08. The van der Waals surface area contributed by atoms with E-state index in [1.165, 1.54) is 30.5 Å². The number of ketones is 1. The summed E-state index contributed by atoms with van der Waals surface area (Å²) in [6.45, 7) is 0. The number of aliphatic hydroxyl groups excluding tert-OH is 1. The molecule has 37 heavy (non-hydrogen) atoms. The predicted octanol–water partition coefficient (Wildman–Crippen LogP) is 5.60. The Balaban J connectivity index is 1.77. The summed E-state index contributed by atoms with van der Waals surface area (Å²) in [5.41, 5.74) is 1.32. The van der Waals surface area contributed by atoms with Gasteiger partial charge in [0.05, 0.1) is 37.1 Å². The van der Waals surface area contributed by atoms with E-state index in [1.54, 1.807) is 61.7 Å². The maximum atomic E-state index is 13.5. The summed E-state index contributed by atoms with van der Waals surface area (Å²) >= 11 is 7.25. The highest BCUT2D eigenvalue weighted by Crippen LogP contribution is 2.48. The lowest BCUT2D eigenvalue weighted by Gasteiger charge is -2.25. The predicted molar refractivity (Wildman–Crippen MR) is 142 cm³/mol. The van der Waals surface area contributed by atoms with Gasteiger partial charge >= 0.3 is 5.91 Å². The van der Waals surface area contributed by atoms with Crippen molar-refractivity contribution in [3.63, 3.8) is 0 Å². The Morgan fingerprint density at radius 3 is 2.43 bits per heavy atom. The number of amides is 1. The summed E-state index contributed by atoms with van der Waals surface area (Å²) in [5, 5.41) is 12.1. The lowest BCUT2D eigenvalue weighted by atomic mass is 9.94. The van der Waals surface area contributed by atoms with Gasteiger partial charge in [0.1, 0.15) is 17.6 Å². The van der Waals surface area contributed by atoms with E-state index >= 15 is 0 Å². The fourth-order valence-corrected chi connectivity index (χ4v) is 5.48. The molecule has 1 aromatic heterocycles. The van der Waals surface area contributed by atoms with Crippen LogP contribution in [0.2, 0.25) is 5.02 Å². The van der Waals surface area contributed by atoms with Crippen LogP contribution >= 0.6 is 22.9 Å². The first-order valence-corrected chi connectivity index (χ1v) is 12.3. The SMILES string of the molecule is COc1ccc2nc(N3C(=O)C(=O)C(=C(O)c4ccc(Cl)cc4)[C@@H]3c3cccc(OC)c3OC)sc2c1. The molecule has 3 aromatic carbocycles. The number of nitrogens with zero attached hydrogens (tertiary/aromatic N) is 2. The topological polar surface area (TPSA) is 98.2 Å². The van der Waals surface area contributed by atoms with Crippen molar-refractivity contribution in [2.45, 2.75) is 6.04 Å². The molecule has 2 heterocycles. The standard InChI is InChI=1S/C27H21ClN2O6S/c1-34-16-11-12-18-20(13-16)37-27(29-18)30-22(17-5-4-6-19(35-2)25(17)36-3)21(24(32)26(30)33)23(31)14-7-9-15(28)10-8-14/h4-13,22,31H,1-3H3/t22-/m0/s1. The zero-order valence-corrected chi connectivity index (χ0v) is 21.6. The third kappa shape index (κ3) is 4.16. The largest absolute Gasteiger partial charge is 0.507 e. The van der Waals surface area contributed by atoms with Gasteiger partial charge in [0.2, 0.25) is 0 Å². The van der Waals surface area contributed by atoms with Gasteiger partial charge < -0.3 is 19.3 Å². The number of carbonyl (C=O) groups excluding carboxylic acids is 2. The third-order valence-corrected chi connectivity index (χ3v) is 7.35. The molecule has 0 bridgehead atoms. The first kappa shape index (κ1) is 24.6. The summed E-state index contributed by atoms with van der Waals surface area (Å²) in [6.07, 6.45) is 0. The summed E-state index contributed by atoms with van der Waals surface area (Å²) < 4.78 is 17.2. The number of hydrogen-bond acceptors (Lipinski definition) is 8. The van der Waals surface area contributed by atoms with Crippen LogP contribution in [0.25, 0.3) is 16.0 Å². The molecule has 1 N–H and O–H groups in total. The molecule has 8 nitrogen and oxygen atoms in total. The number of rotatable bonds is 6. The molecule has 1 fully saturated rings. The van der Waals surface area contributed by atoms with Crippen LogP contribution in [-0.4, -0.2) is 43.1 Å². The number of halogens is 1. The molecular formula is C27H21ClN2O6S. The molecule has 1 aliphatic rings. The molecule has 0 spiro atoms. The van der Waals surface area contributed by atoms with Crippen LogP contribution in [-0.2, 0) is 9.59 Å². The van der Waals surface area contributed by atoms with E-state index in [9.17, 15) is 14.7 Å². The van der Waals surface area contributed by atoms with Crippen LogP contribution in [0.15, 0.2) is 66.2 Å². The highest BCUT2D eigenvalue weighted by atomic mass is 35.5.